The number of hydrogen-bond acceptors (Lipinski definition) is 3. The van der Waals surface area contributed by atoms with Gasteiger partial charge >= 0.3 is 0 Å². The Morgan fingerprint density at radius 3 is 2.83 bits per heavy atom. The molecule has 2 heterocycles. The fourth-order valence-corrected chi connectivity index (χ4v) is 3.47. The van der Waals surface area contributed by atoms with Crippen molar-refractivity contribution in [2.45, 2.75) is 38.3 Å². The Labute approximate surface area is 149 Å². The van der Waals surface area contributed by atoms with Crippen LogP contribution in [0, 0.1) is 0 Å². The Kier molecular flexibility index (Phi) is 6.63. The summed E-state index contributed by atoms with van der Waals surface area (Å²) in [5, 5.41) is 3.27. The molecule has 2 aliphatic rings. The quantitative estimate of drug-likeness (QED) is 0.903. The zero-order valence-electron chi connectivity index (χ0n) is 14.2. The van der Waals surface area contributed by atoms with Gasteiger partial charge in [0.25, 0.3) is 5.91 Å². The van der Waals surface area contributed by atoms with E-state index in [0.29, 0.717) is 19.0 Å². The third-order valence-corrected chi connectivity index (χ3v) is 4.84. The van der Waals surface area contributed by atoms with Gasteiger partial charge in [-0.05, 0) is 44.0 Å². The SMILES string of the molecule is CNC1CCCN(C(=O)c2cccc(CN3CCCC3=O)c2)C1.Cl. The number of hydrogen-bond donors (Lipinski definition) is 1. The molecule has 132 valence electrons. The molecule has 2 amide bonds. The van der Waals surface area contributed by atoms with Crippen LogP contribution in [0.1, 0.15) is 41.6 Å². The van der Waals surface area contributed by atoms with Gasteiger partial charge in [0, 0.05) is 44.2 Å². The largest absolute Gasteiger partial charge is 0.338 e. The molecule has 1 unspecified atom stereocenters. The zero-order chi connectivity index (χ0) is 16.2. The van der Waals surface area contributed by atoms with Crippen molar-refractivity contribution in [1.29, 1.82) is 0 Å². The van der Waals surface area contributed by atoms with E-state index in [1.54, 1.807) is 0 Å². The molecule has 1 aromatic rings. The molecule has 0 bridgehead atoms. The molecule has 5 nitrogen and oxygen atoms in total. The molecule has 2 saturated heterocycles. The molecular weight excluding hydrogens is 326 g/mol. The molecule has 2 aliphatic heterocycles. The van der Waals surface area contributed by atoms with Crippen LogP contribution in [-0.4, -0.2) is 54.3 Å². The number of rotatable bonds is 4. The minimum Gasteiger partial charge on any atom is -0.338 e. The van der Waals surface area contributed by atoms with Gasteiger partial charge in [0.2, 0.25) is 5.91 Å². The highest BCUT2D eigenvalue weighted by molar-refractivity contribution is 5.94. The van der Waals surface area contributed by atoms with Crippen LogP contribution in [0.3, 0.4) is 0 Å². The lowest BCUT2D eigenvalue weighted by Crippen LogP contribution is -2.46. The van der Waals surface area contributed by atoms with Crippen LogP contribution in [-0.2, 0) is 11.3 Å². The molecule has 24 heavy (non-hydrogen) atoms. The number of nitrogens with zero attached hydrogens (tertiary/aromatic N) is 2. The predicted molar refractivity (Wildman–Crippen MR) is 96.3 cm³/mol. The molecule has 1 atom stereocenters. The summed E-state index contributed by atoms with van der Waals surface area (Å²) >= 11 is 0. The maximum absolute atomic E-state index is 12.7. The number of benzene rings is 1. The Morgan fingerprint density at radius 2 is 2.12 bits per heavy atom. The predicted octanol–water partition coefficient (Wildman–Crippen LogP) is 2.05. The van der Waals surface area contributed by atoms with Crippen LogP contribution in [0.5, 0.6) is 0 Å². The molecule has 0 radical (unpaired) electrons. The second kappa shape index (κ2) is 8.49. The molecule has 0 aromatic heterocycles. The Hall–Kier alpha value is -1.59. The van der Waals surface area contributed by atoms with Crippen molar-refractivity contribution in [1.82, 2.24) is 15.1 Å². The van der Waals surface area contributed by atoms with Gasteiger partial charge in [0.05, 0.1) is 0 Å². The molecule has 2 fully saturated rings. The van der Waals surface area contributed by atoms with Crippen molar-refractivity contribution in [2.24, 2.45) is 0 Å². The Balaban J connectivity index is 0.00000208. The van der Waals surface area contributed by atoms with Gasteiger partial charge in [-0.25, -0.2) is 0 Å². The summed E-state index contributed by atoms with van der Waals surface area (Å²) in [4.78, 5) is 28.3. The molecule has 0 saturated carbocycles. The highest BCUT2D eigenvalue weighted by Crippen LogP contribution is 2.18. The van der Waals surface area contributed by atoms with Crippen molar-refractivity contribution in [3.63, 3.8) is 0 Å². The summed E-state index contributed by atoms with van der Waals surface area (Å²) in [7, 11) is 1.95. The Morgan fingerprint density at radius 1 is 1.29 bits per heavy atom. The minimum atomic E-state index is 0. The van der Waals surface area contributed by atoms with Crippen molar-refractivity contribution in [3.05, 3.63) is 35.4 Å². The van der Waals surface area contributed by atoms with E-state index >= 15 is 0 Å². The highest BCUT2D eigenvalue weighted by atomic mass is 35.5. The van der Waals surface area contributed by atoms with Crippen molar-refractivity contribution in [3.8, 4) is 0 Å². The third kappa shape index (κ3) is 4.28. The molecular formula is C18H26ClN3O2. The van der Waals surface area contributed by atoms with Crippen LogP contribution < -0.4 is 5.32 Å². The summed E-state index contributed by atoms with van der Waals surface area (Å²) in [5.74, 6) is 0.314. The second-order valence-electron chi connectivity index (χ2n) is 6.50. The number of amides is 2. The van der Waals surface area contributed by atoms with Gasteiger partial charge in [0.15, 0.2) is 0 Å². The summed E-state index contributed by atoms with van der Waals surface area (Å²) < 4.78 is 0. The molecule has 0 aliphatic carbocycles. The van der Waals surface area contributed by atoms with Gasteiger partial charge < -0.3 is 15.1 Å². The zero-order valence-corrected chi connectivity index (χ0v) is 15.0. The van der Waals surface area contributed by atoms with Gasteiger partial charge in [0.1, 0.15) is 0 Å². The number of halogens is 1. The number of carbonyl (C=O) groups excluding carboxylic acids is 2. The average molecular weight is 352 g/mol. The van der Waals surface area contributed by atoms with Crippen molar-refractivity contribution < 1.29 is 9.59 Å². The molecule has 3 rings (SSSR count). The smallest absolute Gasteiger partial charge is 0.253 e. The first kappa shape index (κ1) is 18.7. The van der Waals surface area contributed by atoms with E-state index in [9.17, 15) is 9.59 Å². The van der Waals surface area contributed by atoms with Gasteiger partial charge in [-0.2, -0.15) is 0 Å². The first-order valence-electron chi connectivity index (χ1n) is 8.50. The fourth-order valence-electron chi connectivity index (χ4n) is 3.47. The lowest BCUT2D eigenvalue weighted by atomic mass is 10.0. The summed E-state index contributed by atoms with van der Waals surface area (Å²) in [6, 6.07) is 8.12. The maximum atomic E-state index is 12.7. The number of carbonyl (C=O) groups is 2. The lowest BCUT2D eigenvalue weighted by molar-refractivity contribution is -0.128. The Bertz CT molecular complexity index is 593. The summed E-state index contributed by atoms with van der Waals surface area (Å²) in [6.07, 6.45) is 3.76. The molecule has 1 N–H and O–H groups in total. The van der Waals surface area contributed by atoms with Crippen LogP contribution in [0.2, 0.25) is 0 Å². The monoisotopic (exact) mass is 351 g/mol. The number of piperidine rings is 1. The van der Waals surface area contributed by atoms with E-state index in [4.69, 9.17) is 0 Å². The van der Waals surface area contributed by atoms with Crippen LogP contribution >= 0.6 is 12.4 Å². The van der Waals surface area contributed by atoms with Crippen molar-refractivity contribution in [2.75, 3.05) is 26.7 Å². The fraction of sp³-hybridized carbons (Fsp3) is 0.556. The van der Waals surface area contributed by atoms with E-state index in [-0.39, 0.29) is 24.2 Å². The topological polar surface area (TPSA) is 52.7 Å². The maximum Gasteiger partial charge on any atom is 0.253 e. The van der Waals surface area contributed by atoms with E-state index in [0.717, 1.165) is 50.0 Å². The number of nitrogens with one attached hydrogen (secondary N) is 1. The van der Waals surface area contributed by atoms with Gasteiger partial charge in [-0.15, -0.1) is 12.4 Å². The molecule has 1 aromatic carbocycles. The second-order valence-corrected chi connectivity index (χ2v) is 6.50. The molecule has 0 spiro atoms. The molecule has 6 heteroatoms. The summed E-state index contributed by atoms with van der Waals surface area (Å²) in [5.41, 5.74) is 1.76. The lowest BCUT2D eigenvalue weighted by Gasteiger charge is -2.32. The van der Waals surface area contributed by atoms with Crippen LogP contribution in [0.4, 0.5) is 0 Å². The minimum absolute atomic E-state index is 0. The standard InChI is InChI=1S/C18H25N3O2.ClH/c1-19-16-7-3-10-21(13-16)18(23)15-6-2-5-14(11-15)12-20-9-4-8-17(20)22;/h2,5-6,11,16,19H,3-4,7-10,12-13H2,1H3;1H. The number of likely N-dealkylation sites (tertiary alicyclic amines) is 2. The normalized spacial score (nSPS) is 20.9. The van der Waals surface area contributed by atoms with E-state index < -0.39 is 0 Å². The van der Waals surface area contributed by atoms with Crippen LogP contribution in [0.25, 0.3) is 0 Å². The highest BCUT2D eigenvalue weighted by Gasteiger charge is 2.24. The third-order valence-electron chi connectivity index (χ3n) is 4.84. The van der Waals surface area contributed by atoms with E-state index in [2.05, 4.69) is 5.32 Å². The summed E-state index contributed by atoms with van der Waals surface area (Å²) in [6.45, 7) is 3.03. The van der Waals surface area contributed by atoms with E-state index in [1.807, 2.05) is 41.1 Å². The first-order valence-corrected chi connectivity index (χ1v) is 8.50. The average Bonchev–Trinajstić information content (AvgIpc) is 2.99. The van der Waals surface area contributed by atoms with E-state index in [1.165, 1.54) is 0 Å². The van der Waals surface area contributed by atoms with Crippen LogP contribution in [0.15, 0.2) is 24.3 Å². The van der Waals surface area contributed by atoms with Gasteiger partial charge in [-0.1, -0.05) is 12.1 Å². The first-order chi connectivity index (χ1) is 11.2. The van der Waals surface area contributed by atoms with Crippen molar-refractivity contribution >= 4 is 24.2 Å². The number of likely N-dealkylation sites (N-methyl/N-ethyl adjacent to an activating group) is 1. The van der Waals surface area contributed by atoms with Gasteiger partial charge in [-0.3, -0.25) is 9.59 Å².